The van der Waals surface area contributed by atoms with Crippen LogP contribution in [0.1, 0.15) is 45.1 Å². The van der Waals surface area contributed by atoms with Crippen molar-refractivity contribution in [1.82, 2.24) is 0 Å². The highest BCUT2D eigenvalue weighted by molar-refractivity contribution is 7.92. The summed E-state index contributed by atoms with van der Waals surface area (Å²) in [6.45, 7) is 5.40. The molecule has 7 nitrogen and oxygen atoms in total. The monoisotopic (exact) mass is 405 g/mol. The lowest BCUT2D eigenvalue weighted by Gasteiger charge is -2.46. The number of carbonyl (C=O) groups excluding carboxylic acids is 1. The molecule has 4 atom stereocenters. The van der Waals surface area contributed by atoms with Crippen molar-refractivity contribution in [2.45, 2.75) is 56.4 Å². The maximum atomic E-state index is 13.1. The number of carbonyl (C=O) groups is 1. The molecule has 8 heteroatoms. The largest absolute Gasteiger partial charge is 0.483 e. The van der Waals surface area contributed by atoms with Crippen molar-refractivity contribution in [3.63, 3.8) is 0 Å². The molecule has 4 rings (SSSR count). The third-order valence-electron chi connectivity index (χ3n) is 6.25. The molecule has 2 heterocycles. The molecule has 1 saturated heterocycles. The average molecular weight is 405 g/mol. The Kier molecular flexibility index (Phi) is 4.02. The third kappa shape index (κ3) is 2.69. The van der Waals surface area contributed by atoms with E-state index in [-0.39, 0.29) is 11.2 Å². The van der Waals surface area contributed by atoms with Gasteiger partial charge in [0.05, 0.1) is 0 Å². The minimum atomic E-state index is -3.85. The van der Waals surface area contributed by atoms with E-state index >= 15 is 0 Å². The zero-order valence-electron chi connectivity index (χ0n) is 16.0. The Morgan fingerprint density at radius 3 is 2.39 bits per heavy atom. The van der Waals surface area contributed by atoms with E-state index in [1.54, 1.807) is 24.3 Å². The summed E-state index contributed by atoms with van der Waals surface area (Å²) in [6.07, 6.45) is 0.741. The SMILES string of the molecule is CC1(C)CC(=O)C2=C(C1)O[C@@]1(C)[C@H]([N+](=O)[O-])CS(=O)(=O)[C@H]1[C@H]2c1ccccc1. The summed E-state index contributed by atoms with van der Waals surface area (Å²) >= 11 is 0. The van der Waals surface area contributed by atoms with E-state index in [4.69, 9.17) is 4.74 Å². The molecule has 0 spiro atoms. The fourth-order valence-electron chi connectivity index (χ4n) is 5.10. The van der Waals surface area contributed by atoms with Crippen LogP contribution in [0.15, 0.2) is 41.7 Å². The second kappa shape index (κ2) is 5.89. The van der Waals surface area contributed by atoms with Gasteiger partial charge in [0.2, 0.25) is 0 Å². The smallest absolute Gasteiger partial charge is 0.266 e. The van der Waals surface area contributed by atoms with Crippen LogP contribution in [0, 0.1) is 15.5 Å². The van der Waals surface area contributed by atoms with Crippen molar-refractivity contribution in [3.05, 3.63) is 57.3 Å². The van der Waals surface area contributed by atoms with Crippen LogP contribution in [-0.2, 0) is 19.4 Å². The number of sulfone groups is 1. The highest BCUT2D eigenvalue weighted by Gasteiger charge is 2.70. The number of nitro groups is 1. The summed E-state index contributed by atoms with van der Waals surface area (Å²) in [5.41, 5.74) is -0.812. The number of fused-ring (bicyclic) bond motifs is 1. The Bertz CT molecular complexity index is 997. The minimum Gasteiger partial charge on any atom is -0.483 e. The second-order valence-electron chi connectivity index (χ2n) is 9.00. The summed E-state index contributed by atoms with van der Waals surface area (Å²) in [6, 6.07) is 7.57. The van der Waals surface area contributed by atoms with Gasteiger partial charge in [-0.25, -0.2) is 8.42 Å². The van der Waals surface area contributed by atoms with Crippen LogP contribution in [0.4, 0.5) is 0 Å². The number of hydrogen-bond acceptors (Lipinski definition) is 6. The number of rotatable bonds is 2. The van der Waals surface area contributed by atoms with Gasteiger partial charge in [0, 0.05) is 29.3 Å². The highest BCUT2D eigenvalue weighted by atomic mass is 32.2. The zero-order valence-corrected chi connectivity index (χ0v) is 16.9. The number of allylic oxidation sites excluding steroid dienone is 2. The molecule has 3 aliphatic rings. The van der Waals surface area contributed by atoms with E-state index in [9.17, 15) is 23.3 Å². The van der Waals surface area contributed by atoms with Gasteiger partial charge >= 0.3 is 0 Å². The van der Waals surface area contributed by atoms with Gasteiger partial charge in [-0.1, -0.05) is 44.2 Å². The van der Waals surface area contributed by atoms with Gasteiger partial charge < -0.3 is 4.74 Å². The first kappa shape index (κ1) is 19.1. The molecule has 0 N–H and O–H groups in total. The van der Waals surface area contributed by atoms with Gasteiger partial charge in [-0.3, -0.25) is 14.9 Å². The van der Waals surface area contributed by atoms with Crippen LogP contribution in [0.2, 0.25) is 0 Å². The summed E-state index contributed by atoms with van der Waals surface area (Å²) < 4.78 is 32.3. The lowest BCUT2D eigenvalue weighted by Crippen LogP contribution is -2.56. The molecule has 1 aromatic carbocycles. The molecule has 1 fully saturated rings. The van der Waals surface area contributed by atoms with Gasteiger partial charge in [0.25, 0.3) is 6.04 Å². The molecule has 0 unspecified atom stereocenters. The molecule has 28 heavy (non-hydrogen) atoms. The molecule has 0 bridgehead atoms. The number of hydrogen-bond donors (Lipinski definition) is 0. The van der Waals surface area contributed by atoms with E-state index in [0.717, 1.165) is 0 Å². The van der Waals surface area contributed by atoms with Gasteiger partial charge in [0.15, 0.2) is 21.2 Å². The standard InChI is InChI=1S/C20H23NO6S/c1-19(2)9-13(22)17-14(10-19)27-20(3)15(21(23)24)11-28(25,26)18(20)16(17)12-7-5-4-6-8-12/h4-8,15-16,18H,9-11H2,1-3H3/t15-,16+,18+,20+/m1/s1. The van der Waals surface area contributed by atoms with Crippen molar-refractivity contribution in [3.8, 4) is 0 Å². The van der Waals surface area contributed by atoms with Crippen LogP contribution in [0.3, 0.4) is 0 Å². The van der Waals surface area contributed by atoms with Crippen LogP contribution in [-0.4, -0.2) is 41.8 Å². The second-order valence-corrected chi connectivity index (χ2v) is 11.2. The van der Waals surface area contributed by atoms with E-state index in [1.165, 1.54) is 6.92 Å². The van der Waals surface area contributed by atoms with Gasteiger partial charge in [-0.05, 0) is 17.9 Å². The maximum Gasteiger partial charge on any atom is 0.266 e. The lowest BCUT2D eigenvalue weighted by atomic mass is 9.68. The molecule has 0 radical (unpaired) electrons. The Morgan fingerprint density at radius 2 is 1.79 bits per heavy atom. The first-order chi connectivity index (χ1) is 13.0. The molecule has 2 aliphatic heterocycles. The van der Waals surface area contributed by atoms with E-state index in [1.807, 2.05) is 19.9 Å². The summed E-state index contributed by atoms with van der Waals surface area (Å²) in [7, 11) is -3.85. The predicted molar refractivity (Wildman–Crippen MR) is 102 cm³/mol. The van der Waals surface area contributed by atoms with Crippen LogP contribution >= 0.6 is 0 Å². The van der Waals surface area contributed by atoms with Crippen molar-refractivity contribution in [2.24, 2.45) is 5.41 Å². The molecule has 0 saturated carbocycles. The maximum absolute atomic E-state index is 13.1. The van der Waals surface area contributed by atoms with Crippen LogP contribution < -0.4 is 0 Å². The normalized spacial score (nSPS) is 35.7. The van der Waals surface area contributed by atoms with E-state index in [0.29, 0.717) is 29.7 Å². The van der Waals surface area contributed by atoms with Crippen LogP contribution in [0.5, 0.6) is 0 Å². The van der Waals surface area contributed by atoms with Crippen LogP contribution in [0.25, 0.3) is 0 Å². The average Bonchev–Trinajstić information content (AvgIpc) is 2.79. The quantitative estimate of drug-likeness (QED) is 0.553. The minimum absolute atomic E-state index is 0.137. The van der Waals surface area contributed by atoms with Crippen molar-refractivity contribution in [1.29, 1.82) is 0 Å². The number of Topliss-reactive ketones (excluding diaryl/α,β-unsaturated/α-hetero) is 1. The molecule has 1 aliphatic carbocycles. The van der Waals surface area contributed by atoms with E-state index < -0.39 is 43.3 Å². The molecule has 0 amide bonds. The summed E-state index contributed by atoms with van der Waals surface area (Å²) in [4.78, 5) is 24.2. The van der Waals surface area contributed by atoms with Gasteiger partial charge in [0.1, 0.15) is 16.8 Å². The Morgan fingerprint density at radius 1 is 1.14 bits per heavy atom. The van der Waals surface area contributed by atoms with Crippen molar-refractivity contribution in [2.75, 3.05) is 5.75 Å². The lowest BCUT2D eigenvalue weighted by molar-refractivity contribution is -0.537. The predicted octanol–water partition coefficient (Wildman–Crippen LogP) is 2.64. The third-order valence-corrected chi connectivity index (χ3v) is 8.55. The Balaban J connectivity index is 1.99. The Labute approximate surface area is 163 Å². The molecule has 150 valence electrons. The number of ether oxygens (including phenoxy) is 1. The highest BCUT2D eigenvalue weighted by Crippen LogP contribution is 2.55. The summed E-state index contributed by atoms with van der Waals surface area (Å²) in [5.74, 6) is -1.06. The van der Waals surface area contributed by atoms with Gasteiger partial charge in [-0.2, -0.15) is 0 Å². The number of benzene rings is 1. The van der Waals surface area contributed by atoms with Gasteiger partial charge in [-0.15, -0.1) is 0 Å². The zero-order chi connectivity index (χ0) is 20.5. The molecular formula is C20H23NO6S. The number of nitrogens with zero attached hydrogens (tertiary/aromatic N) is 1. The first-order valence-electron chi connectivity index (χ1n) is 9.31. The summed E-state index contributed by atoms with van der Waals surface area (Å²) in [5, 5.41) is 10.6. The molecule has 0 aromatic heterocycles. The molecule has 1 aromatic rings. The first-order valence-corrected chi connectivity index (χ1v) is 11.0. The topological polar surface area (TPSA) is 104 Å². The van der Waals surface area contributed by atoms with E-state index in [2.05, 4.69) is 0 Å². The fraction of sp³-hybridized carbons (Fsp3) is 0.550. The number of ketones is 1. The fourth-order valence-corrected chi connectivity index (χ4v) is 7.83. The van der Waals surface area contributed by atoms with Crippen molar-refractivity contribution >= 4 is 15.6 Å². The Hall–Kier alpha value is -2.22. The molecular weight excluding hydrogens is 382 g/mol. The van der Waals surface area contributed by atoms with Crippen molar-refractivity contribution < 1.29 is 22.9 Å².